The molecule has 0 aromatic heterocycles. The van der Waals surface area contributed by atoms with E-state index in [2.05, 4.69) is 11.9 Å². The van der Waals surface area contributed by atoms with E-state index in [1.165, 1.54) is 12.1 Å². The molecule has 0 saturated carbocycles. The van der Waals surface area contributed by atoms with Gasteiger partial charge in [-0.05, 0) is 24.8 Å². The molecule has 1 aliphatic rings. The molecule has 1 saturated heterocycles. The lowest BCUT2D eigenvalue weighted by atomic mass is 9.99. The van der Waals surface area contributed by atoms with Gasteiger partial charge in [0.1, 0.15) is 5.75 Å². The lowest BCUT2D eigenvalue weighted by Crippen LogP contribution is -2.42. The average Bonchev–Trinajstić information content (AvgIpc) is 2.57. The molecule has 1 aromatic carbocycles. The second-order valence-corrected chi connectivity index (χ2v) is 8.76. The molecule has 138 valence electrons. The molecular formula is C16H20Cl2N2O4S. The number of hydrogen-bond acceptors (Lipinski definition) is 5. The summed E-state index contributed by atoms with van der Waals surface area (Å²) in [6, 6.07) is 2.76. The fourth-order valence-electron chi connectivity index (χ4n) is 2.71. The van der Waals surface area contributed by atoms with Gasteiger partial charge in [0, 0.05) is 24.6 Å². The van der Waals surface area contributed by atoms with E-state index in [4.69, 9.17) is 23.2 Å². The van der Waals surface area contributed by atoms with Crippen LogP contribution < -0.4 is 5.32 Å². The van der Waals surface area contributed by atoms with Crippen LogP contribution in [0.3, 0.4) is 0 Å². The van der Waals surface area contributed by atoms with Crippen LogP contribution in [-0.4, -0.2) is 49.7 Å². The van der Waals surface area contributed by atoms with Crippen molar-refractivity contribution in [3.63, 3.8) is 0 Å². The van der Waals surface area contributed by atoms with Crippen molar-refractivity contribution in [2.45, 2.75) is 12.8 Å². The molecule has 2 N–H and O–H groups in total. The number of phenols is 1. The van der Waals surface area contributed by atoms with Gasteiger partial charge in [0.15, 0.2) is 9.84 Å². The first-order valence-corrected chi connectivity index (χ1v) is 10.2. The van der Waals surface area contributed by atoms with E-state index >= 15 is 0 Å². The molecule has 6 nitrogen and oxygen atoms in total. The van der Waals surface area contributed by atoms with Crippen molar-refractivity contribution in [1.29, 1.82) is 0 Å². The van der Waals surface area contributed by atoms with Crippen molar-refractivity contribution < 1.29 is 18.3 Å². The highest BCUT2D eigenvalue weighted by molar-refractivity contribution is 7.94. The maximum atomic E-state index is 12.3. The van der Waals surface area contributed by atoms with E-state index in [-0.39, 0.29) is 39.9 Å². The number of anilines is 1. The fraction of sp³-hybridized carbons (Fsp3) is 0.438. The third kappa shape index (κ3) is 5.52. The molecule has 0 spiro atoms. The van der Waals surface area contributed by atoms with Crippen LogP contribution in [0.15, 0.2) is 24.1 Å². The number of nitrogens with zero attached hydrogens (tertiary/aromatic N) is 1. The molecule has 1 aliphatic heterocycles. The van der Waals surface area contributed by atoms with E-state index in [1.54, 1.807) is 4.90 Å². The van der Waals surface area contributed by atoms with Gasteiger partial charge in [0.05, 0.1) is 28.0 Å². The van der Waals surface area contributed by atoms with Gasteiger partial charge in [-0.1, -0.05) is 29.8 Å². The predicted octanol–water partition coefficient (Wildman–Crippen LogP) is 2.91. The maximum absolute atomic E-state index is 12.3. The zero-order valence-electron chi connectivity index (χ0n) is 13.5. The lowest BCUT2D eigenvalue weighted by Gasteiger charge is -2.31. The molecule has 1 heterocycles. The first-order chi connectivity index (χ1) is 11.7. The Morgan fingerprint density at radius 1 is 1.32 bits per heavy atom. The number of carbonyl (C=O) groups excluding carboxylic acids is 1. The number of rotatable bonds is 6. The number of carbonyl (C=O) groups is 1. The Kier molecular flexibility index (Phi) is 6.59. The van der Waals surface area contributed by atoms with Crippen molar-refractivity contribution in [3.8, 4) is 5.75 Å². The molecule has 1 amide bonds. The number of halogens is 2. The Morgan fingerprint density at radius 2 is 1.92 bits per heavy atom. The molecule has 0 radical (unpaired) electrons. The van der Waals surface area contributed by atoms with E-state index in [0.29, 0.717) is 31.6 Å². The topological polar surface area (TPSA) is 86.7 Å². The van der Waals surface area contributed by atoms with Crippen LogP contribution in [-0.2, 0) is 14.6 Å². The Balaban J connectivity index is 1.85. The number of sulfone groups is 1. The molecule has 9 heteroatoms. The zero-order valence-corrected chi connectivity index (χ0v) is 15.9. The van der Waals surface area contributed by atoms with Gasteiger partial charge < -0.3 is 15.3 Å². The second kappa shape index (κ2) is 8.29. The highest BCUT2D eigenvalue weighted by Gasteiger charge is 2.25. The second-order valence-electron chi connectivity index (χ2n) is 5.96. The van der Waals surface area contributed by atoms with Gasteiger partial charge in [0.25, 0.3) is 0 Å². The molecule has 2 rings (SSSR count). The summed E-state index contributed by atoms with van der Waals surface area (Å²) in [5.41, 5.74) is 0.328. The Morgan fingerprint density at radius 3 is 2.52 bits per heavy atom. The largest absolute Gasteiger partial charge is 0.506 e. The number of piperidine rings is 1. The van der Waals surface area contributed by atoms with Crippen LogP contribution in [0.5, 0.6) is 5.75 Å². The van der Waals surface area contributed by atoms with Crippen molar-refractivity contribution in [2.75, 3.05) is 30.7 Å². The summed E-state index contributed by atoms with van der Waals surface area (Å²) in [7, 11) is -3.22. The summed E-state index contributed by atoms with van der Waals surface area (Å²) in [5, 5.41) is 14.1. The summed E-state index contributed by atoms with van der Waals surface area (Å²) in [4.78, 5) is 14.0. The molecule has 25 heavy (non-hydrogen) atoms. The van der Waals surface area contributed by atoms with Gasteiger partial charge >= 0.3 is 0 Å². The highest BCUT2D eigenvalue weighted by atomic mass is 35.5. The molecular weight excluding hydrogens is 387 g/mol. The van der Waals surface area contributed by atoms with Crippen molar-refractivity contribution in [2.24, 2.45) is 5.92 Å². The van der Waals surface area contributed by atoms with Crippen LogP contribution in [0, 0.1) is 5.92 Å². The number of benzene rings is 1. The normalized spacial score (nSPS) is 15.8. The van der Waals surface area contributed by atoms with Crippen LogP contribution in [0.25, 0.3) is 0 Å². The molecule has 0 atom stereocenters. The van der Waals surface area contributed by atoms with Gasteiger partial charge in [0.2, 0.25) is 5.91 Å². The quantitative estimate of drug-likeness (QED) is 0.709. The molecule has 0 unspecified atom stereocenters. The van der Waals surface area contributed by atoms with Crippen molar-refractivity contribution in [1.82, 2.24) is 4.90 Å². The summed E-state index contributed by atoms with van der Waals surface area (Å²) >= 11 is 11.7. The first-order valence-electron chi connectivity index (χ1n) is 7.76. The Hall–Kier alpha value is -1.44. The minimum atomic E-state index is -3.22. The molecule has 1 aromatic rings. The lowest BCUT2D eigenvalue weighted by molar-refractivity contribution is -0.130. The van der Waals surface area contributed by atoms with Crippen LogP contribution >= 0.6 is 23.2 Å². The van der Waals surface area contributed by atoms with Crippen LogP contribution in [0.4, 0.5) is 5.69 Å². The first kappa shape index (κ1) is 19.9. The summed E-state index contributed by atoms with van der Waals surface area (Å²) in [5.74, 6) is -0.0985. The van der Waals surface area contributed by atoms with Gasteiger partial charge in [-0.25, -0.2) is 8.42 Å². The van der Waals surface area contributed by atoms with Gasteiger partial charge in [-0.3, -0.25) is 4.79 Å². The number of phenolic OH excluding ortho intramolecular Hbond substituents is 1. The average molecular weight is 407 g/mol. The molecule has 0 bridgehead atoms. The Labute approximate surface area is 157 Å². The third-order valence-corrected chi connectivity index (χ3v) is 6.32. The van der Waals surface area contributed by atoms with E-state index in [1.807, 2.05) is 0 Å². The minimum absolute atomic E-state index is 0.00114. The number of aromatic hydroxyl groups is 1. The third-order valence-electron chi connectivity index (χ3n) is 4.16. The summed E-state index contributed by atoms with van der Waals surface area (Å²) in [6.07, 6.45) is 1.27. The zero-order chi connectivity index (χ0) is 18.6. The smallest absolute Gasteiger partial charge is 0.241 e. The summed E-state index contributed by atoms with van der Waals surface area (Å²) < 4.78 is 23.1. The molecule has 0 aliphatic carbocycles. The minimum Gasteiger partial charge on any atom is -0.506 e. The highest BCUT2D eigenvalue weighted by Crippen LogP contribution is 2.33. The van der Waals surface area contributed by atoms with Crippen molar-refractivity contribution >= 4 is 44.6 Å². The van der Waals surface area contributed by atoms with E-state index in [0.717, 1.165) is 5.41 Å². The van der Waals surface area contributed by atoms with Crippen molar-refractivity contribution in [3.05, 3.63) is 34.2 Å². The van der Waals surface area contributed by atoms with Crippen LogP contribution in [0.1, 0.15) is 12.8 Å². The predicted molar refractivity (Wildman–Crippen MR) is 99.9 cm³/mol. The van der Waals surface area contributed by atoms with Gasteiger partial charge in [-0.15, -0.1) is 0 Å². The standard InChI is InChI=1S/C16H20Cl2N2O4S/c1-2-25(23,24)10-11-3-5-20(6-4-11)16(22)9-19-14-7-12(17)13(18)8-15(14)21/h2,7-8,11,19,21H,1,3-6,9-10H2. The number of nitrogens with one attached hydrogen (secondary N) is 1. The summed E-state index contributed by atoms with van der Waals surface area (Å²) in [6.45, 7) is 4.33. The van der Waals surface area contributed by atoms with Gasteiger partial charge in [-0.2, -0.15) is 0 Å². The van der Waals surface area contributed by atoms with E-state index in [9.17, 15) is 18.3 Å². The van der Waals surface area contributed by atoms with Crippen LogP contribution in [0.2, 0.25) is 10.0 Å². The van der Waals surface area contributed by atoms with E-state index < -0.39 is 9.84 Å². The number of amides is 1. The number of hydrogen-bond donors (Lipinski definition) is 2. The monoisotopic (exact) mass is 406 g/mol. The Bertz CT molecular complexity index is 760. The SMILES string of the molecule is C=CS(=O)(=O)CC1CCN(C(=O)CNc2cc(Cl)c(Cl)cc2O)CC1. The number of likely N-dealkylation sites (tertiary alicyclic amines) is 1. The fourth-order valence-corrected chi connectivity index (χ4v) is 4.15. The molecule has 1 fully saturated rings. The maximum Gasteiger partial charge on any atom is 0.241 e.